The Morgan fingerprint density at radius 3 is 2.60 bits per heavy atom. The Labute approximate surface area is 122 Å². The van der Waals surface area contributed by atoms with Crippen LogP contribution in [0, 0.1) is 18.6 Å². The number of nitrogens with two attached hydrogens (primary N) is 1. The van der Waals surface area contributed by atoms with Gasteiger partial charge in [0.2, 0.25) is 0 Å². The van der Waals surface area contributed by atoms with E-state index in [1.165, 1.54) is 31.2 Å². The minimum Gasteiger partial charge on any atom is -0.399 e. The molecule has 0 fully saturated rings. The first-order chi connectivity index (χ1) is 9.38. The van der Waals surface area contributed by atoms with Gasteiger partial charge in [-0.1, -0.05) is 0 Å². The number of benzene rings is 2. The lowest BCUT2D eigenvalue weighted by Crippen LogP contribution is -2.15. The first kappa shape index (κ1) is 14.5. The molecule has 2 aromatic carbocycles. The molecule has 104 valence electrons. The van der Waals surface area contributed by atoms with Crippen LogP contribution in [-0.2, 0) is 0 Å². The summed E-state index contributed by atoms with van der Waals surface area (Å²) in [6.07, 6.45) is 0. The molecule has 0 bridgehead atoms. The minimum atomic E-state index is -0.681. The average molecular weight is 341 g/mol. The molecule has 2 rings (SSSR count). The van der Waals surface area contributed by atoms with E-state index in [1.807, 2.05) is 0 Å². The normalized spacial score (nSPS) is 10.4. The van der Waals surface area contributed by atoms with Crippen LogP contribution in [0.25, 0.3) is 0 Å². The minimum absolute atomic E-state index is 0.175. The van der Waals surface area contributed by atoms with Crippen molar-refractivity contribution in [1.29, 1.82) is 0 Å². The van der Waals surface area contributed by atoms with Gasteiger partial charge in [-0.3, -0.25) is 4.79 Å². The van der Waals surface area contributed by atoms with Gasteiger partial charge in [-0.25, -0.2) is 8.78 Å². The van der Waals surface area contributed by atoms with Crippen LogP contribution >= 0.6 is 15.9 Å². The van der Waals surface area contributed by atoms with Gasteiger partial charge in [-0.15, -0.1) is 0 Å². The van der Waals surface area contributed by atoms with Gasteiger partial charge >= 0.3 is 0 Å². The number of amides is 1. The number of halogens is 3. The number of hydrogen-bond donors (Lipinski definition) is 2. The van der Waals surface area contributed by atoms with Crippen LogP contribution < -0.4 is 11.1 Å². The Hall–Kier alpha value is -1.95. The van der Waals surface area contributed by atoms with Crippen molar-refractivity contribution in [3.63, 3.8) is 0 Å². The van der Waals surface area contributed by atoms with Crippen LogP contribution in [0.3, 0.4) is 0 Å². The number of hydrogen-bond acceptors (Lipinski definition) is 2. The first-order valence-corrected chi connectivity index (χ1v) is 6.50. The van der Waals surface area contributed by atoms with Gasteiger partial charge in [0.05, 0.1) is 10.0 Å². The molecule has 0 aliphatic carbocycles. The number of carbonyl (C=O) groups is 1. The van der Waals surface area contributed by atoms with Crippen LogP contribution in [-0.4, -0.2) is 5.91 Å². The summed E-state index contributed by atoms with van der Waals surface area (Å²) >= 11 is 3.01. The molecule has 0 atom stereocenters. The van der Waals surface area contributed by atoms with Crippen molar-refractivity contribution in [3.8, 4) is 0 Å². The van der Waals surface area contributed by atoms with Crippen molar-refractivity contribution in [1.82, 2.24) is 0 Å². The molecule has 0 unspecified atom stereocenters. The van der Waals surface area contributed by atoms with Crippen molar-refractivity contribution < 1.29 is 13.6 Å². The third-order valence-electron chi connectivity index (χ3n) is 2.70. The van der Waals surface area contributed by atoms with E-state index in [0.717, 1.165) is 6.07 Å². The van der Waals surface area contributed by atoms with Crippen LogP contribution in [0.1, 0.15) is 15.9 Å². The Bertz CT molecular complexity index is 689. The molecule has 2 aromatic rings. The lowest BCUT2D eigenvalue weighted by molar-refractivity contribution is 0.102. The third kappa shape index (κ3) is 2.96. The SMILES string of the molecule is Cc1cc(N)cc(C(=O)Nc2ccc(Br)c(F)c2)c1F. The lowest BCUT2D eigenvalue weighted by Gasteiger charge is -2.09. The highest BCUT2D eigenvalue weighted by Crippen LogP contribution is 2.22. The Morgan fingerprint density at radius 2 is 1.95 bits per heavy atom. The summed E-state index contributed by atoms with van der Waals surface area (Å²) < 4.78 is 27.5. The fourth-order valence-electron chi connectivity index (χ4n) is 1.74. The Morgan fingerprint density at radius 1 is 1.25 bits per heavy atom. The molecular formula is C14H11BrF2N2O. The second-order valence-corrected chi connectivity index (χ2v) is 5.14. The summed E-state index contributed by atoms with van der Waals surface area (Å²) in [6, 6.07) is 6.77. The van der Waals surface area contributed by atoms with E-state index in [2.05, 4.69) is 21.2 Å². The van der Waals surface area contributed by atoms with Gasteiger partial charge in [-0.2, -0.15) is 0 Å². The van der Waals surface area contributed by atoms with E-state index in [-0.39, 0.29) is 27.0 Å². The van der Waals surface area contributed by atoms with Crippen molar-refractivity contribution in [2.75, 3.05) is 11.1 Å². The maximum absolute atomic E-state index is 13.9. The second kappa shape index (κ2) is 5.58. The van der Waals surface area contributed by atoms with Gasteiger partial charge < -0.3 is 11.1 Å². The van der Waals surface area contributed by atoms with Crippen LogP contribution in [0.5, 0.6) is 0 Å². The van der Waals surface area contributed by atoms with Gasteiger partial charge in [0.1, 0.15) is 11.6 Å². The van der Waals surface area contributed by atoms with Gasteiger partial charge in [0, 0.05) is 11.4 Å². The topological polar surface area (TPSA) is 55.1 Å². The first-order valence-electron chi connectivity index (χ1n) is 5.70. The monoisotopic (exact) mass is 340 g/mol. The zero-order chi connectivity index (χ0) is 14.9. The average Bonchev–Trinajstić information content (AvgIpc) is 2.38. The van der Waals surface area contributed by atoms with Gasteiger partial charge in [0.15, 0.2) is 0 Å². The molecule has 0 aromatic heterocycles. The number of carbonyl (C=O) groups excluding carboxylic acids is 1. The number of aryl methyl sites for hydroxylation is 1. The number of anilines is 2. The molecule has 0 saturated heterocycles. The molecule has 3 nitrogen and oxygen atoms in total. The molecule has 0 heterocycles. The summed E-state index contributed by atoms with van der Waals surface area (Å²) in [4.78, 5) is 12.0. The highest BCUT2D eigenvalue weighted by Gasteiger charge is 2.15. The molecule has 20 heavy (non-hydrogen) atoms. The van der Waals surface area contributed by atoms with E-state index in [1.54, 1.807) is 0 Å². The highest BCUT2D eigenvalue weighted by molar-refractivity contribution is 9.10. The molecule has 3 N–H and O–H groups in total. The molecule has 6 heteroatoms. The summed E-state index contributed by atoms with van der Waals surface area (Å²) in [6.45, 7) is 1.52. The number of nitrogens with one attached hydrogen (secondary N) is 1. The predicted molar refractivity (Wildman–Crippen MR) is 77.6 cm³/mol. The molecule has 0 spiro atoms. The summed E-state index contributed by atoms with van der Waals surface area (Å²) in [5.74, 6) is -1.85. The zero-order valence-corrected chi connectivity index (χ0v) is 12.1. The van der Waals surface area contributed by atoms with E-state index >= 15 is 0 Å². The van der Waals surface area contributed by atoms with E-state index in [9.17, 15) is 13.6 Å². The standard InChI is InChI=1S/C14H11BrF2N2O/c1-7-4-8(18)5-10(13(7)17)14(20)19-9-2-3-11(15)12(16)6-9/h2-6H,18H2,1H3,(H,19,20). The fraction of sp³-hybridized carbons (Fsp3) is 0.0714. The maximum atomic E-state index is 13.9. The molecular weight excluding hydrogens is 330 g/mol. The zero-order valence-electron chi connectivity index (χ0n) is 10.5. The molecule has 0 aliphatic rings. The Balaban J connectivity index is 2.30. The van der Waals surface area contributed by atoms with E-state index in [4.69, 9.17) is 5.73 Å². The van der Waals surface area contributed by atoms with Gasteiger partial charge in [0.25, 0.3) is 5.91 Å². The fourth-order valence-corrected chi connectivity index (χ4v) is 1.98. The van der Waals surface area contributed by atoms with Crippen molar-refractivity contribution in [2.45, 2.75) is 6.92 Å². The smallest absolute Gasteiger partial charge is 0.258 e. The molecule has 1 amide bonds. The van der Waals surface area contributed by atoms with Crippen LogP contribution in [0.15, 0.2) is 34.8 Å². The predicted octanol–water partition coefficient (Wildman–Crippen LogP) is 3.87. The second-order valence-electron chi connectivity index (χ2n) is 4.28. The summed E-state index contributed by atoms with van der Waals surface area (Å²) in [5, 5.41) is 2.43. The number of rotatable bonds is 2. The Kier molecular flexibility index (Phi) is 4.04. The van der Waals surface area contributed by atoms with Crippen LogP contribution in [0.4, 0.5) is 20.2 Å². The van der Waals surface area contributed by atoms with E-state index < -0.39 is 17.5 Å². The van der Waals surface area contributed by atoms with Crippen LogP contribution in [0.2, 0.25) is 0 Å². The highest BCUT2D eigenvalue weighted by atomic mass is 79.9. The van der Waals surface area contributed by atoms with E-state index in [0.29, 0.717) is 0 Å². The summed E-state index contributed by atoms with van der Waals surface area (Å²) in [7, 11) is 0. The van der Waals surface area contributed by atoms with Gasteiger partial charge in [-0.05, 0) is 58.7 Å². The lowest BCUT2D eigenvalue weighted by atomic mass is 10.1. The molecule has 0 saturated carbocycles. The molecule has 0 aliphatic heterocycles. The quantitative estimate of drug-likeness (QED) is 0.815. The number of nitrogen functional groups attached to an aromatic ring is 1. The maximum Gasteiger partial charge on any atom is 0.258 e. The molecule has 0 radical (unpaired) electrons. The third-order valence-corrected chi connectivity index (χ3v) is 3.34. The van der Waals surface area contributed by atoms with Crippen molar-refractivity contribution in [2.24, 2.45) is 0 Å². The van der Waals surface area contributed by atoms with Crippen molar-refractivity contribution >= 4 is 33.2 Å². The summed E-state index contributed by atoms with van der Waals surface area (Å²) in [5.41, 5.74) is 6.21. The largest absolute Gasteiger partial charge is 0.399 e. The van der Waals surface area contributed by atoms with Crippen molar-refractivity contribution in [3.05, 3.63) is 57.6 Å².